The fourth-order valence-electron chi connectivity index (χ4n) is 2.66. The van der Waals surface area contributed by atoms with Crippen molar-refractivity contribution in [3.05, 3.63) is 76.9 Å². The van der Waals surface area contributed by atoms with Crippen LogP contribution in [0.5, 0.6) is 0 Å². The maximum Gasteiger partial charge on any atom is 0.272 e. The van der Waals surface area contributed by atoms with Gasteiger partial charge in [0.15, 0.2) is 0 Å². The Kier molecular flexibility index (Phi) is 4.81. The first-order chi connectivity index (χ1) is 11.5. The summed E-state index contributed by atoms with van der Waals surface area (Å²) in [6, 6.07) is 19.3. The molecule has 0 fully saturated rings. The molecule has 0 saturated carbocycles. The molecule has 0 N–H and O–H groups in total. The summed E-state index contributed by atoms with van der Waals surface area (Å²) in [5.41, 5.74) is 2.46. The van der Waals surface area contributed by atoms with E-state index in [1.54, 1.807) is 11.0 Å². The first-order valence-corrected chi connectivity index (χ1v) is 8.30. The molecule has 2 aromatic carbocycles. The molecular formula is C20H19ClN2O. The highest BCUT2D eigenvalue weighted by molar-refractivity contribution is 6.30. The molecule has 1 amide bonds. The van der Waals surface area contributed by atoms with Crippen LogP contribution in [-0.4, -0.2) is 28.9 Å². The van der Waals surface area contributed by atoms with E-state index in [2.05, 4.69) is 4.98 Å². The normalized spacial score (nSPS) is 12.1. The standard InChI is InChI=1S/C20H19ClN2O/c1-14(13-15-7-10-17(21)11-8-15)23(2)20(24)19-12-9-16-5-3-4-6-18(16)22-19/h3-12,14H,13H2,1-2H3. The van der Waals surface area contributed by atoms with Gasteiger partial charge in [0.1, 0.15) is 5.69 Å². The Morgan fingerprint density at radius 3 is 2.54 bits per heavy atom. The zero-order valence-electron chi connectivity index (χ0n) is 13.7. The van der Waals surface area contributed by atoms with Gasteiger partial charge in [-0.15, -0.1) is 0 Å². The molecule has 1 atom stereocenters. The summed E-state index contributed by atoms with van der Waals surface area (Å²) >= 11 is 5.92. The van der Waals surface area contributed by atoms with E-state index in [1.807, 2.05) is 68.6 Å². The molecule has 3 rings (SSSR count). The van der Waals surface area contributed by atoms with Crippen LogP contribution in [0, 0.1) is 0 Å². The Labute approximate surface area is 146 Å². The van der Waals surface area contributed by atoms with Gasteiger partial charge in [-0.1, -0.05) is 48.0 Å². The molecule has 0 aliphatic carbocycles. The average Bonchev–Trinajstić information content (AvgIpc) is 2.62. The predicted molar refractivity (Wildman–Crippen MR) is 98.5 cm³/mol. The molecule has 4 heteroatoms. The second-order valence-electron chi connectivity index (χ2n) is 5.98. The fraction of sp³-hybridized carbons (Fsp3) is 0.200. The molecule has 3 nitrogen and oxygen atoms in total. The maximum atomic E-state index is 12.7. The Morgan fingerprint density at radius 1 is 1.08 bits per heavy atom. The number of aromatic nitrogens is 1. The highest BCUT2D eigenvalue weighted by Crippen LogP contribution is 2.16. The number of halogens is 1. The highest BCUT2D eigenvalue weighted by Gasteiger charge is 2.19. The van der Waals surface area contributed by atoms with Gasteiger partial charge in [-0.2, -0.15) is 0 Å². The minimum atomic E-state index is -0.0674. The molecule has 0 spiro atoms. The van der Waals surface area contributed by atoms with Crippen LogP contribution in [0.4, 0.5) is 0 Å². The number of carbonyl (C=O) groups is 1. The van der Waals surface area contributed by atoms with E-state index in [9.17, 15) is 4.79 Å². The van der Waals surface area contributed by atoms with Gasteiger partial charge in [0.25, 0.3) is 5.91 Å². The molecule has 0 radical (unpaired) electrons. The number of hydrogen-bond donors (Lipinski definition) is 0. The lowest BCUT2D eigenvalue weighted by Crippen LogP contribution is -2.36. The van der Waals surface area contributed by atoms with Crippen LogP contribution in [0.1, 0.15) is 23.0 Å². The van der Waals surface area contributed by atoms with Gasteiger partial charge >= 0.3 is 0 Å². The summed E-state index contributed by atoms with van der Waals surface area (Å²) in [5, 5.41) is 1.75. The number of benzene rings is 2. The largest absolute Gasteiger partial charge is 0.337 e. The van der Waals surface area contributed by atoms with Crippen LogP contribution in [0.2, 0.25) is 5.02 Å². The number of pyridine rings is 1. The van der Waals surface area contributed by atoms with E-state index in [1.165, 1.54) is 0 Å². The van der Waals surface area contributed by atoms with Crippen molar-refractivity contribution in [1.29, 1.82) is 0 Å². The Morgan fingerprint density at radius 2 is 1.79 bits per heavy atom. The third-order valence-corrected chi connectivity index (χ3v) is 4.50. The van der Waals surface area contributed by atoms with Crippen molar-refractivity contribution < 1.29 is 4.79 Å². The number of para-hydroxylation sites is 1. The van der Waals surface area contributed by atoms with Crippen molar-refractivity contribution in [2.75, 3.05) is 7.05 Å². The van der Waals surface area contributed by atoms with Crippen molar-refractivity contribution in [3.63, 3.8) is 0 Å². The van der Waals surface area contributed by atoms with E-state index in [0.29, 0.717) is 5.69 Å². The monoisotopic (exact) mass is 338 g/mol. The van der Waals surface area contributed by atoms with Crippen molar-refractivity contribution in [1.82, 2.24) is 9.88 Å². The number of carbonyl (C=O) groups excluding carboxylic acids is 1. The van der Waals surface area contributed by atoms with E-state index in [0.717, 1.165) is 27.9 Å². The number of amides is 1. The first-order valence-electron chi connectivity index (χ1n) is 7.92. The lowest BCUT2D eigenvalue weighted by Gasteiger charge is -2.25. The summed E-state index contributed by atoms with van der Waals surface area (Å²) in [7, 11) is 1.82. The van der Waals surface area contributed by atoms with Crippen molar-refractivity contribution in [2.45, 2.75) is 19.4 Å². The first kappa shape index (κ1) is 16.5. The van der Waals surface area contributed by atoms with Crippen LogP contribution in [0.25, 0.3) is 10.9 Å². The number of rotatable bonds is 4. The quantitative estimate of drug-likeness (QED) is 0.697. The van der Waals surface area contributed by atoms with Gasteiger partial charge in [0.05, 0.1) is 5.52 Å². The zero-order chi connectivity index (χ0) is 17.1. The summed E-state index contributed by atoms with van der Waals surface area (Å²) in [6.45, 7) is 2.04. The smallest absolute Gasteiger partial charge is 0.272 e. The number of likely N-dealkylation sites (N-methyl/N-ethyl adjacent to an activating group) is 1. The van der Waals surface area contributed by atoms with Crippen molar-refractivity contribution in [2.24, 2.45) is 0 Å². The highest BCUT2D eigenvalue weighted by atomic mass is 35.5. The average molecular weight is 339 g/mol. The molecule has 1 aromatic heterocycles. The molecule has 1 heterocycles. The number of nitrogens with zero attached hydrogens (tertiary/aromatic N) is 2. The zero-order valence-corrected chi connectivity index (χ0v) is 14.5. The van der Waals surface area contributed by atoms with Gasteiger partial charge in [0, 0.05) is 23.5 Å². The third-order valence-electron chi connectivity index (χ3n) is 4.24. The second-order valence-corrected chi connectivity index (χ2v) is 6.42. The summed E-state index contributed by atoms with van der Waals surface area (Å²) in [6.07, 6.45) is 0.771. The molecule has 3 aromatic rings. The lowest BCUT2D eigenvalue weighted by molar-refractivity contribution is 0.0738. The maximum absolute atomic E-state index is 12.7. The second kappa shape index (κ2) is 7.02. The lowest BCUT2D eigenvalue weighted by atomic mass is 10.1. The third kappa shape index (κ3) is 3.57. The summed E-state index contributed by atoms with van der Waals surface area (Å²) in [5.74, 6) is -0.0674. The van der Waals surface area contributed by atoms with E-state index in [4.69, 9.17) is 11.6 Å². The van der Waals surface area contributed by atoms with Crippen molar-refractivity contribution >= 4 is 28.4 Å². The summed E-state index contributed by atoms with van der Waals surface area (Å²) < 4.78 is 0. The molecular weight excluding hydrogens is 320 g/mol. The van der Waals surface area contributed by atoms with Crippen LogP contribution in [-0.2, 0) is 6.42 Å². The SMILES string of the molecule is CC(Cc1ccc(Cl)cc1)N(C)C(=O)c1ccc2ccccc2n1. The number of hydrogen-bond acceptors (Lipinski definition) is 2. The molecule has 0 bridgehead atoms. The molecule has 0 aliphatic heterocycles. The van der Waals surface area contributed by atoms with Crippen LogP contribution < -0.4 is 0 Å². The molecule has 24 heavy (non-hydrogen) atoms. The molecule has 0 aliphatic rings. The predicted octanol–water partition coefficient (Wildman–Crippen LogP) is 4.59. The topological polar surface area (TPSA) is 33.2 Å². The molecule has 0 saturated heterocycles. The van der Waals surface area contributed by atoms with Gasteiger partial charge in [-0.25, -0.2) is 4.98 Å². The Hall–Kier alpha value is -2.39. The van der Waals surface area contributed by atoms with Gasteiger partial charge < -0.3 is 4.90 Å². The minimum Gasteiger partial charge on any atom is -0.337 e. The van der Waals surface area contributed by atoms with E-state index < -0.39 is 0 Å². The summed E-state index contributed by atoms with van der Waals surface area (Å²) in [4.78, 5) is 18.9. The van der Waals surface area contributed by atoms with Crippen LogP contribution in [0.15, 0.2) is 60.7 Å². The molecule has 122 valence electrons. The fourth-order valence-corrected chi connectivity index (χ4v) is 2.79. The Bertz CT molecular complexity index is 861. The Balaban J connectivity index is 1.75. The number of fused-ring (bicyclic) bond motifs is 1. The van der Waals surface area contributed by atoms with Crippen molar-refractivity contribution in [3.8, 4) is 0 Å². The van der Waals surface area contributed by atoms with Gasteiger partial charge in [-0.3, -0.25) is 4.79 Å². The minimum absolute atomic E-state index is 0.0620. The van der Waals surface area contributed by atoms with Gasteiger partial charge in [0.2, 0.25) is 0 Å². The van der Waals surface area contributed by atoms with E-state index in [-0.39, 0.29) is 11.9 Å². The van der Waals surface area contributed by atoms with Crippen LogP contribution in [0.3, 0.4) is 0 Å². The van der Waals surface area contributed by atoms with Gasteiger partial charge in [-0.05, 0) is 43.2 Å². The van der Waals surface area contributed by atoms with E-state index >= 15 is 0 Å². The van der Waals surface area contributed by atoms with Crippen LogP contribution >= 0.6 is 11.6 Å². The molecule has 1 unspecified atom stereocenters.